The van der Waals surface area contributed by atoms with Gasteiger partial charge in [0.2, 0.25) is 0 Å². The van der Waals surface area contributed by atoms with Crippen molar-refractivity contribution in [2.24, 2.45) is 0 Å². The van der Waals surface area contributed by atoms with E-state index in [1.807, 2.05) is 60.2 Å². The van der Waals surface area contributed by atoms with Crippen molar-refractivity contribution in [3.63, 3.8) is 0 Å². The summed E-state index contributed by atoms with van der Waals surface area (Å²) in [6, 6.07) is 18.0. The number of carbonyl (C=O) groups is 3. The summed E-state index contributed by atoms with van der Waals surface area (Å²) in [5.74, 6) is 0.503. The van der Waals surface area contributed by atoms with Gasteiger partial charge in [-0.1, -0.05) is 30.3 Å². The summed E-state index contributed by atoms with van der Waals surface area (Å²) in [7, 11) is 0. The zero-order valence-electron chi connectivity index (χ0n) is 19.1. The van der Waals surface area contributed by atoms with Crippen LogP contribution in [0.2, 0.25) is 0 Å². The fourth-order valence-electron chi connectivity index (χ4n) is 4.13. The number of nitrogens with one attached hydrogen (secondary N) is 1. The van der Waals surface area contributed by atoms with Gasteiger partial charge in [-0.25, -0.2) is 9.97 Å². The quantitative estimate of drug-likeness (QED) is 0.422. The summed E-state index contributed by atoms with van der Waals surface area (Å²) in [6.45, 7) is 2.47. The number of imidazole rings is 1. The molecule has 3 amide bonds. The van der Waals surface area contributed by atoms with Crippen LogP contribution in [0, 0.1) is 6.92 Å². The molecule has 4 aromatic rings. The van der Waals surface area contributed by atoms with E-state index in [0.29, 0.717) is 29.9 Å². The largest absolute Gasteiger partial charge is 0.348 e. The molecular weight excluding hydrogens is 442 g/mol. The smallest absolute Gasteiger partial charge is 0.261 e. The second kappa shape index (κ2) is 9.34. The average Bonchev–Trinajstić information content (AvgIpc) is 3.42. The van der Waals surface area contributed by atoms with Crippen molar-refractivity contribution in [2.45, 2.75) is 19.9 Å². The van der Waals surface area contributed by atoms with Gasteiger partial charge in [-0.15, -0.1) is 0 Å². The summed E-state index contributed by atoms with van der Waals surface area (Å²) in [5.41, 5.74) is 2.84. The minimum Gasteiger partial charge on any atom is -0.348 e. The first-order valence-corrected chi connectivity index (χ1v) is 11.3. The van der Waals surface area contributed by atoms with Crippen LogP contribution in [-0.2, 0) is 13.0 Å². The molecular formula is C27H23N5O3. The lowest BCUT2D eigenvalue weighted by molar-refractivity contribution is 0.0656. The van der Waals surface area contributed by atoms with Crippen LogP contribution in [-0.4, -0.2) is 43.7 Å². The van der Waals surface area contributed by atoms with Gasteiger partial charge >= 0.3 is 0 Å². The Labute approximate surface area is 202 Å². The van der Waals surface area contributed by atoms with Crippen molar-refractivity contribution in [3.8, 4) is 5.82 Å². The van der Waals surface area contributed by atoms with E-state index in [0.717, 1.165) is 17.0 Å². The van der Waals surface area contributed by atoms with Crippen molar-refractivity contribution >= 4 is 17.7 Å². The van der Waals surface area contributed by atoms with Crippen molar-refractivity contribution < 1.29 is 14.4 Å². The van der Waals surface area contributed by atoms with E-state index in [1.54, 1.807) is 24.5 Å². The minimum absolute atomic E-state index is 0.262. The average molecular weight is 466 g/mol. The van der Waals surface area contributed by atoms with Crippen LogP contribution in [0.25, 0.3) is 5.82 Å². The van der Waals surface area contributed by atoms with Gasteiger partial charge in [0.1, 0.15) is 11.6 Å². The van der Waals surface area contributed by atoms with Crippen LogP contribution in [0.15, 0.2) is 79.3 Å². The maximum Gasteiger partial charge on any atom is 0.261 e. The predicted molar refractivity (Wildman–Crippen MR) is 129 cm³/mol. The zero-order chi connectivity index (χ0) is 24.4. The van der Waals surface area contributed by atoms with Gasteiger partial charge in [0.15, 0.2) is 0 Å². The third-order valence-electron chi connectivity index (χ3n) is 6.04. The number of hydrogen-bond acceptors (Lipinski definition) is 5. The third-order valence-corrected chi connectivity index (χ3v) is 6.04. The summed E-state index contributed by atoms with van der Waals surface area (Å²) >= 11 is 0. The highest BCUT2D eigenvalue weighted by molar-refractivity contribution is 6.22. The second-order valence-electron chi connectivity index (χ2n) is 8.31. The van der Waals surface area contributed by atoms with Crippen LogP contribution in [0.3, 0.4) is 0 Å². The molecule has 0 fully saturated rings. The molecule has 5 rings (SSSR count). The van der Waals surface area contributed by atoms with E-state index in [2.05, 4.69) is 15.3 Å². The molecule has 1 N–H and O–H groups in total. The van der Waals surface area contributed by atoms with E-state index >= 15 is 0 Å². The number of aryl methyl sites for hydroxylation is 1. The fourth-order valence-corrected chi connectivity index (χ4v) is 4.13. The van der Waals surface area contributed by atoms with E-state index < -0.39 is 0 Å². The van der Waals surface area contributed by atoms with Crippen molar-refractivity contribution in [1.82, 2.24) is 24.8 Å². The Morgan fingerprint density at radius 1 is 0.886 bits per heavy atom. The first kappa shape index (κ1) is 22.2. The van der Waals surface area contributed by atoms with E-state index in [1.165, 1.54) is 11.0 Å². The Hall–Kier alpha value is -4.59. The molecule has 0 spiro atoms. The Morgan fingerprint density at radius 3 is 2.46 bits per heavy atom. The number of aromatic nitrogens is 3. The molecule has 0 bridgehead atoms. The van der Waals surface area contributed by atoms with Crippen molar-refractivity contribution in [2.75, 3.05) is 6.54 Å². The number of carbonyl (C=O) groups excluding carboxylic acids is 3. The summed E-state index contributed by atoms with van der Waals surface area (Å²) in [4.78, 5) is 48.3. The molecule has 35 heavy (non-hydrogen) atoms. The molecule has 0 radical (unpaired) electrons. The molecule has 0 saturated heterocycles. The van der Waals surface area contributed by atoms with Gasteiger partial charge in [0.25, 0.3) is 17.7 Å². The Balaban J connectivity index is 1.26. The van der Waals surface area contributed by atoms with Gasteiger partial charge in [-0.3, -0.25) is 23.9 Å². The highest BCUT2D eigenvalue weighted by atomic mass is 16.2. The standard InChI is InChI=1S/C27H23N5O3/c1-18-28-12-14-31(18)24-15-20(9-11-29-24)17-30-25(33)21-7-8-22-23(16-21)27(35)32(26(22)34)13-10-19-5-3-2-4-6-19/h2-9,11-12,14-16H,10,13,17H2,1H3,(H,30,33). The summed E-state index contributed by atoms with van der Waals surface area (Å²) < 4.78 is 1.86. The van der Waals surface area contributed by atoms with E-state index in [-0.39, 0.29) is 29.8 Å². The number of imide groups is 1. The van der Waals surface area contributed by atoms with E-state index in [9.17, 15) is 14.4 Å². The first-order chi connectivity index (χ1) is 17.0. The Morgan fingerprint density at radius 2 is 1.69 bits per heavy atom. The molecule has 2 aromatic heterocycles. The number of amides is 3. The summed E-state index contributed by atoms with van der Waals surface area (Å²) in [6.07, 6.45) is 5.78. The number of nitrogens with zero attached hydrogens (tertiary/aromatic N) is 4. The van der Waals surface area contributed by atoms with Crippen LogP contribution >= 0.6 is 0 Å². The molecule has 0 aliphatic carbocycles. The lowest BCUT2D eigenvalue weighted by Gasteiger charge is -2.13. The molecule has 8 nitrogen and oxygen atoms in total. The molecule has 1 aliphatic rings. The Kier molecular flexibility index (Phi) is 5.93. The molecule has 8 heteroatoms. The number of fused-ring (bicyclic) bond motifs is 1. The highest BCUT2D eigenvalue weighted by Gasteiger charge is 2.35. The molecule has 174 valence electrons. The van der Waals surface area contributed by atoms with Gasteiger partial charge in [0, 0.05) is 37.2 Å². The normalized spacial score (nSPS) is 12.7. The lowest BCUT2D eigenvalue weighted by atomic mass is 10.1. The van der Waals surface area contributed by atoms with Crippen molar-refractivity contribution in [1.29, 1.82) is 0 Å². The number of hydrogen-bond donors (Lipinski definition) is 1. The van der Waals surface area contributed by atoms with Crippen molar-refractivity contribution in [3.05, 3.63) is 113 Å². The molecule has 0 atom stereocenters. The van der Waals surface area contributed by atoms with Crippen LogP contribution < -0.4 is 5.32 Å². The van der Waals surface area contributed by atoms with Crippen LogP contribution in [0.4, 0.5) is 0 Å². The van der Waals surface area contributed by atoms with Gasteiger partial charge < -0.3 is 5.32 Å². The monoisotopic (exact) mass is 465 g/mol. The van der Waals surface area contributed by atoms with Gasteiger partial charge in [0.05, 0.1) is 11.1 Å². The number of rotatable bonds is 7. The first-order valence-electron chi connectivity index (χ1n) is 11.3. The minimum atomic E-state index is -0.370. The lowest BCUT2D eigenvalue weighted by Crippen LogP contribution is -2.31. The number of benzene rings is 2. The molecule has 0 unspecified atom stereocenters. The summed E-state index contributed by atoms with van der Waals surface area (Å²) in [5, 5.41) is 2.88. The van der Waals surface area contributed by atoms with Crippen LogP contribution in [0.1, 0.15) is 48.0 Å². The molecule has 0 saturated carbocycles. The predicted octanol–water partition coefficient (Wildman–Crippen LogP) is 3.34. The molecule has 1 aliphatic heterocycles. The molecule has 3 heterocycles. The second-order valence-corrected chi connectivity index (χ2v) is 8.31. The zero-order valence-corrected chi connectivity index (χ0v) is 19.1. The van der Waals surface area contributed by atoms with Crippen LogP contribution in [0.5, 0.6) is 0 Å². The maximum atomic E-state index is 12.9. The SMILES string of the molecule is Cc1nccn1-c1cc(CNC(=O)c2ccc3c(c2)C(=O)N(CCc2ccccc2)C3=O)ccn1. The van der Waals surface area contributed by atoms with Gasteiger partial charge in [-0.05, 0) is 54.8 Å². The topological polar surface area (TPSA) is 97.2 Å². The van der Waals surface area contributed by atoms with E-state index in [4.69, 9.17) is 0 Å². The fraction of sp³-hybridized carbons (Fsp3) is 0.148. The maximum absolute atomic E-state index is 12.9. The molecule has 2 aromatic carbocycles. The Bertz CT molecular complexity index is 1430. The highest BCUT2D eigenvalue weighted by Crippen LogP contribution is 2.24. The number of pyridine rings is 1. The van der Waals surface area contributed by atoms with Gasteiger partial charge in [-0.2, -0.15) is 0 Å². The third kappa shape index (κ3) is 4.46.